The molecule has 0 radical (unpaired) electrons. The van der Waals surface area contributed by atoms with E-state index >= 15 is 0 Å². The third kappa shape index (κ3) is 7.49. The van der Waals surface area contributed by atoms with Crippen molar-refractivity contribution < 1.29 is 66.5 Å². The van der Waals surface area contributed by atoms with E-state index in [0.717, 1.165) is 24.3 Å². The second kappa shape index (κ2) is 17.4. The zero-order valence-corrected chi connectivity index (χ0v) is 36.1. The lowest BCUT2D eigenvalue weighted by Crippen LogP contribution is -2.75. The number of hydrogen-bond acceptors (Lipinski definition) is 20. The van der Waals surface area contributed by atoms with Gasteiger partial charge in [-0.15, -0.1) is 22.7 Å². The third-order valence-corrected chi connectivity index (χ3v) is 12.0. The highest BCUT2D eigenvalue weighted by molar-refractivity contribution is 7.10. The van der Waals surface area contributed by atoms with Crippen LogP contribution in [0.1, 0.15) is 27.3 Å². The largest absolute Gasteiger partial charge is 0.493 e. The quantitative estimate of drug-likeness (QED) is 0.174. The van der Waals surface area contributed by atoms with Gasteiger partial charge in [-0.05, 0) is 32.4 Å². The molecule has 0 bridgehead atoms. The van der Waals surface area contributed by atoms with E-state index in [0.29, 0.717) is 77.9 Å². The van der Waals surface area contributed by atoms with Crippen molar-refractivity contribution in [2.75, 3.05) is 55.7 Å². The van der Waals surface area contributed by atoms with Crippen LogP contribution in [0.25, 0.3) is 22.5 Å². The minimum absolute atomic E-state index is 0.0500. The van der Waals surface area contributed by atoms with Crippen LogP contribution in [0.2, 0.25) is 0 Å². The molecule has 0 amide bonds. The van der Waals surface area contributed by atoms with E-state index in [9.17, 15) is 19.2 Å². The molecule has 20 heteroatoms. The van der Waals surface area contributed by atoms with E-state index in [4.69, 9.17) is 57.3 Å². The minimum atomic E-state index is -2.75. The Hall–Kier alpha value is -6.22. The molecule has 61 heavy (non-hydrogen) atoms. The summed E-state index contributed by atoms with van der Waals surface area (Å²) in [7, 11) is 9.02. The number of carbonyl (C=O) groups is 4. The van der Waals surface area contributed by atoms with Gasteiger partial charge in [-0.3, -0.25) is 0 Å². The number of fused-ring (bicyclic) bond motifs is 1. The van der Waals surface area contributed by atoms with E-state index in [1.54, 1.807) is 23.2 Å². The molecular formula is C41H42N4O14S2. The fraction of sp³-hybridized carbons (Fsp3) is 0.366. The molecule has 18 nitrogen and oxygen atoms in total. The first-order valence-corrected chi connectivity index (χ1v) is 20.4. The predicted molar refractivity (Wildman–Crippen MR) is 217 cm³/mol. The van der Waals surface area contributed by atoms with Gasteiger partial charge in [-0.25, -0.2) is 38.9 Å². The number of rotatable bonds is 12. The van der Waals surface area contributed by atoms with Crippen LogP contribution >= 0.6 is 22.7 Å². The van der Waals surface area contributed by atoms with Crippen LogP contribution < -0.4 is 28.4 Å². The minimum Gasteiger partial charge on any atom is -0.493 e. The number of carbonyl (C=O) groups excluding carboxylic acids is 4. The Morgan fingerprint density at radius 3 is 1.21 bits per heavy atom. The van der Waals surface area contributed by atoms with Crippen LogP contribution in [0, 0.1) is 13.8 Å². The number of esters is 4. The van der Waals surface area contributed by atoms with Crippen molar-refractivity contribution in [3.05, 3.63) is 68.3 Å². The van der Waals surface area contributed by atoms with Crippen LogP contribution in [0.5, 0.6) is 34.5 Å². The first-order chi connectivity index (χ1) is 29.4. The average molecular weight is 879 g/mol. The molecule has 2 spiro atoms. The van der Waals surface area contributed by atoms with E-state index in [-0.39, 0.29) is 32.6 Å². The van der Waals surface area contributed by atoms with Gasteiger partial charge in [0.15, 0.2) is 23.0 Å². The van der Waals surface area contributed by atoms with Gasteiger partial charge in [-0.1, -0.05) is 0 Å². The molecule has 1 fully saturated rings. The molecule has 2 aromatic carbocycles. The second-order valence-electron chi connectivity index (χ2n) is 13.6. The summed E-state index contributed by atoms with van der Waals surface area (Å²) in [6.07, 6.45) is 3.79. The van der Waals surface area contributed by atoms with Gasteiger partial charge in [0.2, 0.25) is 11.5 Å². The van der Waals surface area contributed by atoms with Crippen molar-refractivity contribution in [2.24, 2.45) is 0 Å². The van der Waals surface area contributed by atoms with Crippen molar-refractivity contribution in [1.29, 1.82) is 0 Å². The molecule has 7 rings (SSSR count). The molecule has 3 aliphatic rings. The fourth-order valence-corrected chi connectivity index (χ4v) is 9.25. The third-order valence-electron chi connectivity index (χ3n) is 10.4. The number of nitrogens with zero attached hydrogens (tertiary/aromatic N) is 4. The summed E-state index contributed by atoms with van der Waals surface area (Å²) < 4.78 is 58.5. The molecule has 322 valence electrons. The number of hydrogen-bond donors (Lipinski definition) is 0. The van der Waals surface area contributed by atoms with Crippen molar-refractivity contribution in [1.82, 2.24) is 19.8 Å². The lowest BCUT2D eigenvalue weighted by Gasteiger charge is -2.50. The molecule has 1 saturated heterocycles. The van der Waals surface area contributed by atoms with Crippen molar-refractivity contribution >= 4 is 46.6 Å². The number of benzene rings is 2. The Bertz CT molecular complexity index is 2240. The van der Waals surface area contributed by atoms with Crippen LogP contribution in [-0.4, -0.2) is 111 Å². The maximum absolute atomic E-state index is 13.7. The lowest BCUT2D eigenvalue weighted by molar-refractivity contribution is -0.445. The zero-order valence-electron chi connectivity index (χ0n) is 34.5. The molecule has 5 heterocycles. The van der Waals surface area contributed by atoms with E-state index in [2.05, 4.69) is 0 Å². The summed E-state index contributed by atoms with van der Waals surface area (Å²) in [4.78, 5) is 68.3. The van der Waals surface area contributed by atoms with E-state index < -0.39 is 35.7 Å². The second-order valence-corrected chi connectivity index (χ2v) is 15.5. The molecule has 0 atom stereocenters. The highest BCUT2D eigenvalue weighted by atomic mass is 32.1. The Balaban J connectivity index is 1.40. The monoisotopic (exact) mass is 878 g/mol. The molecule has 4 aromatic rings. The number of thiazole rings is 2. The van der Waals surface area contributed by atoms with E-state index in [1.165, 1.54) is 75.1 Å². The smallest absolute Gasteiger partial charge is 0.420 e. The van der Waals surface area contributed by atoms with Crippen molar-refractivity contribution in [2.45, 2.75) is 45.2 Å². The molecule has 0 unspecified atom stereocenters. The van der Waals surface area contributed by atoms with Crippen molar-refractivity contribution in [3.8, 4) is 57.0 Å². The van der Waals surface area contributed by atoms with Gasteiger partial charge in [-0.2, -0.15) is 0 Å². The van der Waals surface area contributed by atoms with Gasteiger partial charge in [0.1, 0.15) is 0 Å². The summed E-state index contributed by atoms with van der Waals surface area (Å²) in [5.41, 5.74) is 6.83. The maximum Gasteiger partial charge on any atom is 0.420 e. The Morgan fingerprint density at radius 1 is 0.557 bits per heavy atom. The Morgan fingerprint density at radius 2 is 0.902 bits per heavy atom. The standard InChI is InChI=1S/C41H42N4O14S2/c1-22-24(16-26(50-3)38(54-7)36(22)52-5)34-28(60-20-42-34)18-44-14-9-15-45(19-29-35(43-21-61-29)25-17-27(51-4)39(55-8)37(53-6)23(25)2)41(58-32(48)12-13-33(49)59-41)40(44)56-30(46)10-11-31(47)57-40/h10-13,16-17,20-21H,9,14-15,18-19H2,1-8H3. The van der Waals surface area contributed by atoms with Gasteiger partial charge in [0.05, 0.1) is 65.1 Å². The average Bonchev–Trinajstić information content (AvgIpc) is 3.82. The van der Waals surface area contributed by atoms with Gasteiger partial charge in [0.25, 0.3) is 0 Å². The predicted octanol–water partition coefficient (Wildman–Crippen LogP) is 4.93. The first kappa shape index (κ1) is 42.9. The summed E-state index contributed by atoms with van der Waals surface area (Å²) in [5.74, 6) is -7.31. The Labute approximate surface area is 358 Å². The normalized spacial score (nSPS) is 17.4. The van der Waals surface area contributed by atoms with Gasteiger partial charge < -0.3 is 47.4 Å². The highest BCUT2D eigenvalue weighted by Gasteiger charge is 2.73. The zero-order chi connectivity index (χ0) is 43.6. The summed E-state index contributed by atoms with van der Waals surface area (Å²) in [6, 6.07) is 3.52. The molecule has 0 N–H and O–H groups in total. The highest BCUT2D eigenvalue weighted by Crippen LogP contribution is 2.50. The maximum atomic E-state index is 13.7. The molecule has 3 aliphatic heterocycles. The number of ether oxygens (including phenoxy) is 10. The lowest BCUT2D eigenvalue weighted by atomic mass is 10.0. The summed E-state index contributed by atoms with van der Waals surface area (Å²) in [6.45, 7) is 3.51. The number of aromatic nitrogens is 2. The number of methoxy groups -OCH3 is 6. The van der Waals surface area contributed by atoms with Gasteiger partial charge in [0, 0.05) is 82.5 Å². The fourth-order valence-electron chi connectivity index (χ4n) is 7.67. The van der Waals surface area contributed by atoms with Gasteiger partial charge >= 0.3 is 35.7 Å². The first-order valence-electron chi connectivity index (χ1n) is 18.6. The van der Waals surface area contributed by atoms with Crippen LogP contribution in [-0.2, 0) is 51.2 Å². The topological polar surface area (TPSA) is 193 Å². The van der Waals surface area contributed by atoms with Crippen LogP contribution in [0.3, 0.4) is 0 Å². The molecule has 0 saturated carbocycles. The molecular weight excluding hydrogens is 837 g/mol. The molecule has 0 aliphatic carbocycles. The molecule has 2 aromatic heterocycles. The SMILES string of the molecule is COc1cc(-c2ncsc2CN2CCCN(Cc3scnc3-c3cc(OC)c(OC)c(OC)c3C)C3(OC(=O)C=CC(=O)O3)C23OC(=O)C=CC(=O)O3)c(C)c(OC)c1OC. The summed E-state index contributed by atoms with van der Waals surface area (Å²) in [5, 5.41) is 0. The summed E-state index contributed by atoms with van der Waals surface area (Å²) >= 11 is 2.52. The van der Waals surface area contributed by atoms with Crippen LogP contribution in [0.4, 0.5) is 0 Å². The Kier molecular flexibility index (Phi) is 12.2. The van der Waals surface area contributed by atoms with E-state index in [1.807, 2.05) is 13.8 Å². The van der Waals surface area contributed by atoms with Crippen molar-refractivity contribution in [3.63, 3.8) is 0 Å². The van der Waals surface area contributed by atoms with Crippen LogP contribution in [0.15, 0.2) is 47.5 Å².